The Hall–Kier alpha value is -2.34. The van der Waals surface area contributed by atoms with Gasteiger partial charge in [0.05, 0.1) is 4.88 Å². The minimum absolute atomic E-state index is 0.0167. The van der Waals surface area contributed by atoms with E-state index in [1.165, 1.54) is 11.3 Å². The van der Waals surface area contributed by atoms with E-state index in [1.54, 1.807) is 0 Å². The first-order valence-corrected chi connectivity index (χ1v) is 10.6. The minimum Gasteiger partial charge on any atom is -0.377 e. The number of thiophene rings is 1. The Morgan fingerprint density at radius 3 is 2.39 bits per heavy atom. The van der Waals surface area contributed by atoms with Gasteiger partial charge in [-0.2, -0.15) is 0 Å². The van der Waals surface area contributed by atoms with Crippen molar-refractivity contribution in [3.63, 3.8) is 0 Å². The average Bonchev–Trinajstić information content (AvgIpc) is 3.19. The highest BCUT2D eigenvalue weighted by Crippen LogP contribution is 2.27. The van der Waals surface area contributed by atoms with Crippen LogP contribution in [-0.2, 0) is 11.3 Å². The van der Waals surface area contributed by atoms with Gasteiger partial charge in [0.15, 0.2) is 0 Å². The maximum absolute atomic E-state index is 13.1. The predicted molar refractivity (Wildman–Crippen MR) is 118 cm³/mol. The number of carbonyl (C=O) groups excluding carboxylic acids is 2. The quantitative estimate of drug-likeness (QED) is 0.688. The van der Waals surface area contributed by atoms with Crippen molar-refractivity contribution in [2.75, 3.05) is 24.3 Å². The van der Waals surface area contributed by atoms with Crippen LogP contribution >= 0.6 is 11.3 Å². The number of hydrogen-bond donors (Lipinski definition) is 1. The largest absolute Gasteiger partial charge is 0.377 e. The van der Waals surface area contributed by atoms with Gasteiger partial charge in [-0.1, -0.05) is 26.8 Å². The summed E-state index contributed by atoms with van der Waals surface area (Å²) in [5.74, 6) is -0.0586. The van der Waals surface area contributed by atoms with E-state index in [-0.39, 0.29) is 23.8 Å². The fraction of sp³-hybridized carbons (Fsp3) is 0.455. The summed E-state index contributed by atoms with van der Waals surface area (Å²) in [5, 5.41) is 4.89. The van der Waals surface area contributed by atoms with Crippen LogP contribution in [0.4, 0.5) is 11.4 Å². The number of nitrogens with zero attached hydrogens (tertiary/aromatic N) is 2. The van der Waals surface area contributed by atoms with Crippen LogP contribution in [0, 0.1) is 5.92 Å². The number of rotatable bonds is 8. The van der Waals surface area contributed by atoms with Crippen LogP contribution in [0.3, 0.4) is 0 Å². The SMILES string of the molecule is CC[C@H](C)N(Cc1cc(NC(=O)C(C)C)ccc1N(C)C)C(=O)c1cccs1. The molecular weight excluding hydrogens is 370 g/mol. The van der Waals surface area contributed by atoms with Gasteiger partial charge in [-0.05, 0) is 48.6 Å². The van der Waals surface area contributed by atoms with E-state index >= 15 is 0 Å². The molecule has 0 spiro atoms. The smallest absolute Gasteiger partial charge is 0.264 e. The molecule has 5 nitrogen and oxygen atoms in total. The molecule has 0 fully saturated rings. The van der Waals surface area contributed by atoms with Crippen LogP contribution in [0.2, 0.25) is 0 Å². The second-order valence-corrected chi connectivity index (χ2v) is 8.50. The molecule has 2 rings (SSSR count). The number of nitrogens with one attached hydrogen (secondary N) is 1. The number of benzene rings is 1. The van der Waals surface area contributed by atoms with Crippen LogP contribution in [0.1, 0.15) is 49.4 Å². The second-order valence-electron chi connectivity index (χ2n) is 7.55. The van der Waals surface area contributed by atoms with Crippen molar-refractivity contribution < 1.29 is 9.59 Å². The summed E-state index contributed by atoms with van der Waals surface area (Å²) in [5.41, 5.74) is 2.80. The molecule has 152 valence electrons. The summed E-state index contributed by atoms with van der Waals surface area (Å²) < 4.78 is 0. The summed E-state index contributed by atoms with van der Waals surface area (Å²) in [4.78, 5) is 29.9. The van der Waals surface area contributed by atoms with Gasteiger partial charge in [-0.15, -0.1) is 11.3 Å². The third-order valence-corrected chi connectivity index (χ3v) is 5.67. The molecule has 0 bridgehead atoms. The van der Waals surface area contributed by atoms with E-state index in [0.29, 0.717) is 6.54 Å². The maximum atomic E-state index is 13.1. The highest BCUT2D eigenvalue weighted by Gasteiger charge is 2.23. The summed E-state index contributed by atoms with van der Waals surface area (Å²) in [6.07, 6.45) is 0.873. The zero-order chi connectivity index (χ0) is 20.8. The Labute approximate surface area is 172 Å². The van der Waals surface area contributed by atoms with E-state index in [2.05, 4.69) is 19.2 Å². The minimum atomic E-state index is -0.0889. The zero-order valence-electron chi connectivity index (χ0n) is 17.7. The highest BCUT2D eigenvalue weighted by molar-refractivity contribution is 7.12. The summed E-state index contributed by atoms with van der Waals surface area (Å²) >= 11 is 1.46. The molecule has 0 radical (unpaired) electrons. The molecule has 2 amide bonds. The third kappa shape index (κ3) is 5.35. The standard InChI is InChI=1S/C22H31N3O2S/c1-7-16(4)25(22(27)20-9-8-12-28-20)14-17-13-18(23-21(26)15(2)3)10-11-19(17)24(5)6/h8-13,15-16H,7,14H2,1-6H3,(H,23,26)/t16-/m0/s1. The molecule has 0 unspecified atom stereocenters. The van der Waals surface area contributed by atoms with Gasteiger partial charge in [-0.25, -0.2) is 0 Å². The molecule has 2 aromatic rings. The second kappa shape index (κ2) is 9.73. The topological polar surface area (TPSA) is 52.7 Å². The van der Waals surface area contributed by atoms with Crippen LogP contribution in [0.5, 0.6) is 0 Å². The first-order chi connectivity index (χ1) is 13.2. The van der Waals surface area contributed by atoms with Crippen molar-refractivity contribution in [2.24, 2.45) is 5.92 Å². The third-order valence-electron chi connectivity index (χ3n) is 4.81. The van der Waals surface area contributed by atoms with Crippen molar-refractivity contribution in [1.82, 2.24) is 4.90 Å². The number of anilines is 2. The van der Waals surface area contributed by atoms with Crippen molar-refractivity contribution in [3.8, 4) is 0 Å². The maximum Gasteiger partial charge on any atom is 0.264 e. The van der Waals surface area contributed by atoms with Crippen molar-refractivity contribution in [2.45, 2.75) is 46.7 Å². The molecule has 0 aliphatic heterocycles. The molecule has 1 atom stereocenters. The summed E-state index contributed by atoms with van der Waals surface area (Å²) in [7, 11) is 3.97. The normalized spacial score (nSPS) is 12.0. The van der Waals surface area contributed by atoms with Crippen LogP contribution in [0.15, 0.2) is 35.7 Å². The van der Waals surface area contributed by atoms with Gasteiger partial charge >= 0.3 is 0 Å². The Morgan fingerprint density at radius 2 is 1.86 bits per heavy atom. The molecule has 0 aliphatic rings. The number of carbonyl (C=O) groups is 2. The van der Waals surface area contributed by atoms with Gasteiger partial charge in [0.1, 0.15) is 0 Å². The van der Waals surface area contributed by atoms with Gasteiger partial charge in [0.2, 0.25) is 5.91 Å². The van der Waals surface area contributed by atoms with Gasteiger partial charge < -0.3 is 15.1 Å². The predicted octanol–water partition coefficient (Wildman–Crippen LogP) is 4.85. The molecule has 0 saturated carbocycles. The van der Waals surface area contributed by atoms with Gasteiger partial charge in [0, 0.05) is 44.0 Å². The van der Waals surface area contributed by atoms with Crippen molar-refractivity contribution in [1.29, 1.82) is 0 Å². The molecule has 1 aromatic carbocycles. The molecular formula is C22H31N3O2S. The first kappa shape index (κ1) is 22.0. The number of amides is 2. The Balaban J connectivity index is 2.38. The molecule has 6 heteroatoms. The van der Waals surface area contributed by atoms with E-state index in [0.717, 1.165) is 28.2 Å². The van der Waals surface area contributed by atoms with Crippen LogP contribution in [-0.4, -0.2) is 36.9 Å². The average molecular weight is 402 g/mol. The zero-order valence-corrected chi connectivity index (χ0v) is 18.5. The van der Waals surface area contributed by atoms with Crippen LogP contribution in [0.25, 0.3) is 0 Å². The Morgan fingerprint density at radius 1 is 1.14 bits per heavy atom. The Bertz CT molecular complexity index is 800. The lowest BCUT2D eigenvalue weighted by Crippen LogP contribution is -2.37. The first-order valence-electron chi connectivity index (χ1n) is 9.70. The van der Waals surface area contributed by atoms with Crippen LogP contribution < -0.4 is 10.2 Å². The lowest BCUT2D eigenvalue weighted by molar-refractivity contribution is -0.118. The fourth-order valence-electron chi connectivity index (χ4n) is 2.89. The van der Waals surface area contributed by atoms with E-state index in [9.17, 15) is 9.59 Å². The van der Waals surface area contributed by atoms with Crippen molar-refractivity contribution in [3.05, 3.63) is 46.2 Å². The molecule has 1 N–H and O–H groups in total. The highest BCUT2D eigenvalue weighted by atomic mass is 32.1. The summed E-state index contributed by atoms with van der Waals surface area (Å²) in [6, 6.07) is 9.77. The molecule has 1 aromatic heterocycles. The van der Waals surface area contributed by atoms with Gasteiger partial charge in [-0.3, -0.25) is 9.59 Å². The molecule has 0 saturated heterocycles. The van der Waals surface area contributed by atoms with Crippen molar-refractivity contribution >= 4 is 34.5 Å². The lowest BCUT2D eigenvalue weighted by atomic mass is 10.1. The summed E-state index contributed by atoms with van der Waals surface area (Å²) in [6.45, 7) is 8.39. The lowest BCUT2D eigenvalue weighted by Gasteiger charge is -2.30. The van der Waals surface area contributed by atoms with E-state index < -0.39 is 0 Å². The fourth-order valence-corrected chi connectivity index (χ4v) is 3.57. The monoisotopic (exact) mass is 401 g/mol. The molecule has 0 aliphatic carbocycles. The van der Waals surface area contributed by atoms with E-state index in [1.807, 2.05) is 73.5 Å². The molecule has 28 heavy (non-hydrogen) atoms. The number of hydrogen-bond acceptors (Lipinski definition) is 4. The van der Waals surface area contributed by atoms with E-state index in [4.69, 9.17) is 0 Å². The Kier molecular flexibility index (Phi) is 7.63. The molecule has 1 heterocycles. The van der Waals surface area contributed by atoms with Gasteiger partial charge in [0.25, 0.3) is 5.91 Å².